The van der Waals surface area contributed by atoms with Crippen molar-refractivity contribution < 1.29 is 4.79 Å². The lowest BCUT2D eigenvalue weighted by Crippen LogP contribution is -2.40. The van der Waals surface area contributed by atoms with Crippen LogP contribution < -0.4 is 0 Å². The quantitative estimate of drug-likeness (QED) is 0.826. The summed E-state index contributed by atoms with van der Waals surface area (Å²) in [6, 6.07) is 0. The molecule has 6 nitrogen and oxygen atoms in total. The predicted octanol–water partition coefficient (Wildman–Crippen LogP) is -0.138. The molecule has 1 aromatic heterocycles. The molecular formula is C13H23N5O. The highest BCUT2D eigenvalue weighted by atomic mass is 16.2. The smallest absolute Gasteiger partial charge is 0.227 e. The van der Waals surface area contributed by atoms with E-state index < -0.39 is 0 Å². The first-order chi connectivity index (χ1) is 9.06. The van der Waals surface area contributed by atoms with Crippen LogP contribution in [-0.2, 0) is 11.3 Å². The molecular weight excluding hydrogens is 242 g/mol. The zero-order chi connectivity index (χ0) is 13.8. The van der Waals surface area contributed by atoms with Crippen LogP contribution in [0.3, 0.4) is 0 Å². The fraction of sp³-hybridized carbons (Fsp3) is 0.692. The number of H-pyrrole nitrogens is 1. The number of nitrogens with one attached hydrogen (secondary N) is 1. The van der Waals surface area contributed by atoms with Gasteiger partial charge in [0.25, 0.3) is 0 Å². The maximum absolute atomic E-state index is 12.2. The summed E-state index contributed by atoms with van der Waals surface area (Å²) in [5.41, 5.74) is 1.10. The third kappa shape index (κ3) is 3.78. The number of rotatable bonds is 3. The summed E-state index contributed by atoms with van der Waals surface area (Å²) in [6.07, 6.45) is 3.54. The number of carbonyl (C=O) groups is 1. The second-order valence-corrected chi connectivity index (χ2v) is 5.50. The highest BCUT2D eigenvalue weighted by Crippen LogP contribution is 2.12. The molecule has 2 rings (SSSR count). The van der Waals surface area contributed by atoms with Crippen molar-refractivity contribution in [3.63, 3.8) is 0 Å². The summed E-state index contributed by atoms with van der Waals surface area (Å²) in [4.78, 5) is 25.6. The van der Waals surface area contributed by atoms with E-state index in [-0.39, 0.29) is 11.8 Å². The van der Waals surface area contributed by atoms with E-state index in [1.54, 1.807) is 11.2 Å². The van der Waals surface area contributed by atoms with Crippen molar-refractivity contribution in [2.75, 3.05) is 47.3 Å². The average Bonchev–Trinajstić information content (AvgIpc) is 2.79. The predicted molar refractivity (Wildman–Crippen MR) is 73.5 cm³/mol. The Bertz CT molecular complexity index is 403. The summed E-state index contributed by atoms with van der Waals surface area (Å²) < 4.78 is 0. The van der Waals surface area contributed by atoms with Gasteiger partial charge in [-0.05, 0) is 7.05 Å². The van der Waals surface area contributed by atoms with Gasteiger partial charge in [0.1, 0.15) is 0 Å². The molecule has 0 radical (unpaired) electrons. The molecule has 19 heavy (non-hydrogen) atoms. The Labute approximate surface area is 114 Å². The molecule has 6 heteroatoms. The lowest BCUT2D eigenvalue weighted by Gasteiger charge is -2.25. The van der Waals surface area contributed by atoms with E-state index in [1.807, 2.05) is 20.3 Å². The largest absolute Gasteiger partial charge is 0.348 e. The van der Waals surface area contributed by atoms with Gasteiger partial charge in [-0.15, -0.1) is 0 Å². The minimum Gasteiger partial charge on any atom is -0.348 e. The van der Waals surface area contributed by atoms with Crippen molar-refractivity contribution in [2.45, 2.75) is 6.54 Å². The topological polar surface area (TPSA) is 55.5 Å². The zero-order valence-electron chi connectivity index (χ0n) is 12.0. The summed E-state index contributed by atoms with van der Waals surface area (Å²) in [5.74, 6) is 0.258. The van der Waals surface area contributed by atoms with Gasteiger partial charge in [0.2, 0.25) is 5.91 Å². The second kappa shape index (κ2) is 6.16. The van der Waals surface area contributed by atoms with Crippen molar-refractivity contribution >= 4 is 5.91 Å². The van der Waals surface area contributed by atoms with E-state index in [0.29, 0.717) is 0 Å². The summed E-state index contributed by atoms with van der Waals surface area (Å²) in [7, 11) is 5.73. The lowest BCUT2D eigenvalue weighted by molar-refractivity contribution is -0.133. The first kappa shape index (κ1) is 14.0. The summed E-state index contributed by atoms with van der Waals surface area (Å²) >= 11 is 0. The number of aromatic nitrogens is 2. The maximum Gasteiger partial charge on any atom is 0.227 e. The highest BCUT2D eigenvalue weighted by molar-refractivity contribution is 5.78. The van der Waals surface area contributed by atoms with Crippen LogP contribution in [0.15, 0.2) is 12.5 Å². The van der Waals surface area contributed by atoms with Gasteiger partial charge in [0, 0.05) is 58.7 Å². The Balaban J connectivity index is 2.02. The number of imidazole rings is 1. The van der Waals surface area contributed by atoms with E-state index in [2.05, 4.69) is 26.8 Å². The Hall–Kier alpha value is -1.40. The summed E-state index contributed by atoms with van der Waals surface area (Å²) in [6.45, 7) is 4.43. The number of hydrogen-bond acceptors (Lipinski definition) is 4. The molecule has 2 heterocycles. The highest BCUT2D eigenvalue weighted by Gasteiger charge is 2.27. The van der Waals surface area contributed by atoms with Crippen LogP contribution in [0.5, 0.6) is 0 Å². The van der Waals surface area contributed by atoms with Gasteiger partial charge in [-0.25, -0.2) is 4.98 Å². The molecule has 0 spiro atoms. The van der Waals surface area contributed by atoms with Crippen LogP contribution >= 0.6 is 0 Å². The van der Waals surface area contributed by atoms with Gasteiger partial charge in [0.15, 0.2) is 0 Å². The van der Waals surface area contributed by atoms with Crippen LogP contribution in [0, 0.1) is 5.92 Å². The van der Waals surface area contributed by atoms with Crippen LogP contribution in [0.1, 0.15) is 5.69 Å². The molecule has 0 saturated carbocycles. The number of amides is 1. The van der Waals surface area contributed by atoms with Gasteiger partial charge in [-0.3, -0.25) is 9.69 Å². The molecule has 1 aromatic rings. The van der Waals surface area contributed by atoms with E-state index in [1.165, 1.54) is 0 Å². The SMILES string of the molecule is CN1CCN(Cc2cnc[nH]2)CC(C(=O)N(C)C)C1. The molecule has 1 N–H and O–H groups in total. The number of likely N-dealkylation sites (N-methyl/N-ethyl adjacent to an activating group) is 1. The molecule has 1 saturated heterocycles. The fourth-order valence-electron chi connectivity index (χ4n) is 2.52. The maximum atomic E-state index is 12.2. The Kier molecular flexibility index (Phi) is 4.55. The first-order valence-corrected chi connectivity index (χ1v) is 6.65. The number of nitrogens with zero attached hydrogens (tertiary/aromatic N) is 4. The van der Waals surface area contributed by atoms with Crippen molar-refractivity contribution in [3.05, 3.63) is 18.2 Å². The molecule has 0 aliphatic carbocycles. The van der Waals surface area contributed by atoms with Crippen molar-refractivity contribution in [1.29, 1.82) is 0 Å². The first-order valence-electron chi connectivity index (χ1n) is 6.65. The van der Waals surface area contributed by atoms with E-state index >= 15 is 0 Å². The second-order valence-electron chi connectivity index (χ2n) is 5.50. The molecule has 1 unspecified atom stereocenters. The molecule has 1 atom stereocenters. The van der Waals surface area contributed by atoms with E-state index in [0.717, 1.165) is 38.4 Å². The van der Waals surface area contributed by atoms with Gasteiger partial charge < -0.3 is 14.8 Å². The zero-order valence-corrected chi connectivity index (χ0v) is 12.0. The lowest BCUT2D eigenvalue weighted by atomic mass is 10.1. The van der Waals surface area contributed by atoms with Crippen LogP contribution in [0.2, 0.25) is 0 Å². The molecule has 106 valence electrons. The Morgan fingerprint density at radius 3 is 2.89 bits per heavy atom. The van der Waals surface area contributed by atoms with Gasteiger partial charge in [-0.2, -0.15) is 0 Å². The minimum atomic E-state index is 0.0467. The van der Waals surface area contributed by atoms with Crippen molar-refractivity contribution in [3.8, 4) is 0 Å². The standard InChI is InChI=1S/C13H23N5O/c1-16(2)13(19)11-7-17(3)4-5-18(8-11)9-12-6-14-10-15-12/h6,10-11H,4-5,7-9H2,1-3H3,(H,14,15). The van der Waals surface area contributed by atoms with Gasteiger partial charge in [0.05, 0.1) is 12.2 Å². The molecule has 1 aliphatic heterocycles. The monoisotopic (exact) mass is 265 g/mol. The molecule has 0 aromatic carbocycles. The molecule has 1 fully saturated rings. The molecule has 1 amide bonds. The fourth-order valence-corrected chi connectivity index (χ4v) is 2.52. The van der Waals surface area contributed by atoms with Crippen molar-refractivity contribution in [2.24, 2.45) is 5.92 Å². The van der Waals surface area contributed by atoms with Crippen LogP contribution in [0.4, 0.5) is 0 Å². The third-order valence-corrected chi connectivity index (χ3v) is 3.55. The third-order valence-electron chi connectivity index (χ3n) is 3.55. The Morgan fingerprint density at radius 1 is 1.47 bits per heavy atom. The number of aromatic amines is 1. The van der Waals surface area contributed by atoms with Gasteiger partial charge >= 0.3 is 0 Å². The number of carbonyl (C=O) groups excluding carboxylic acids is 1. The van der Waals surface area contributed by atoms with Crippen LogP contribution in [-0.4, -0.2) is 77.9 Å². The normalized spacial score (nSPS) is 22.2. The van der Waals surface area contributed by atoms with E-state index in [9.17, 15) is 4.79 Å². The minimum absolute atomic E-state index is 0.0467. The molecule has 1 aliphatic rings. The Morgan fingerprint density at radius 2 is 2.26 bits per heavy atom. The van der Waals surface area contributed by atoms with Crippen LogP contribution in [0.25, 0.3) is 0 Å². The van der Waals surface area contributed by atoms with Gasteiger partial charge in [-0.1, -0.05) is 0 Å². The average molecular weight is 265 g/mol. The summed E-state index contributed by atoms with van der Waals surface area (Å²) in [5, 5.41) is 0. The van der Waals surface area contributed by atoms with E-state index in [4.69, 9.17) is 0 Å². The number of hydrogen-bond donors (Lipinski definition) is 1. The van der Waals surface area contributed by atoms with Crippen molar-refractivity contribution in [1.82, 2.24) is 24.7 Å². The molecule has 0 bridgehead atoms.